The van der Waals surface area contributed by atoms with Gasteiger partial charge in [0.15, 0.2) is 5.65 Å². The normalized spacial score (nSPS) is 21.6. The molecule has 2 aromatic heterocycles. The smallest absolute Gasteiger partial charge is 0.315 e. The fourth-order valence-electron chi connectivity index (χ4n) is 5.36. The molecule has 0 unspecified atom stereocenters. The van der Waals surface area contributed by atoms with E-state index < -0.39 is 0 Å². The van der Waals surface area contributed by atoms with Gasteiger partial charge < -0.3 is 16.0 Å². The molecule has 0 bridgehead atoms. The Hall–Kier alpha value is -2.84. The number of fused-ring (bicyclic) bond motifs is 2. The lowest BCUT2D eigenvalue weighted by molar-refractivity contribution is 0.238. The lowest BCUT2D eigenvalue weighted by atomic mass is 9.91. The van der Waals surface area contributed by atoms with E-state index in [0.29, 0.717) is 29.7 Å². The quantitative estimate of drug-likeness (QED) is 0.179. The number of benzene rings is 1. The second-order valence-corrected chi connectivity index (χ2v) is 11.1. The number of halogens is 2. The van der Waals surface area contributed by atoms with E-state index in [4.69, 9.17) is 16.6 Å². The summed E-state index contributed by atoms with van der Waals surface area (Å²) in [5.41, 5.74) is 2.55. The van der Waals surface area contributed by atoms with E-state index in [1.54, 1.807) is 10.7 Å². The van der Waals surface area contributed by atoms with Crippen molar-refractivity contribution in [3.8, 4) is 11.3 Å². The van der Waals surface area contributed by atoms with Crippen LogP contribution >= 0.6 is 27.5 Å². The van der Waals surface area contributed by atoms with Gasteiger partial charge in [-0.05, 0) is 65.4 Å². The van der Waals surface area contributed by atoms with Gasteiger partial charge in [-0.25, -0.2) is 9.78 Å². The molecule has 2 aliphatic carbocycles. The summed E-state index contributed by atoms with van der Waals surface area (Å²) in [5, 5.41) is 14.6. The predicted molar refractivity (Wildman–Crippen MR) is 148 cm³/mol. The minimum Gasteiger partial charge on any atom is -0.368 e. The lowest BCUT2D eigenvalue weighted by Gasteiger charge is -2.13. The van der Waals surface area contributed by atoms with E-state index in [1.807, 2.05) is 42.5 Å². The number of allylic oxidation sites excluding steroid dienone is 2. The fourth-order valence-corrected chi connectivity index (χ4v) is 5.94. The van der Waals surface area contributed by atoms with Crippen LogP contribution in [0.15, 0.2) is 66.3 Å². The summed E-state index contributed by atoms with van der Waals surface area (Å²) >= 11 is 9.93. The maximum atomic E-state index is 12.6. The van der Waals surface area contributed by atoms with Crippen LogP contribution in [0.4, 0.5) is 10.6 Å². The van der Waals surface area contributed by atoms with Gasteiger partial charge >= 0.3 is 6.03 Å². The van der Waals surface area contributed by atoms with E-state index in [2.05, 4.69) is 50.1 Å². The van der Waals surface area contributed by atoms with Crippen LogP contribution in [0.1, 0.15) is 32.1 Å². The fraction of sp³-hybridized carbons (Fsp3) is 0.370. The molecule has 188 valence electrons. The van der Waals surface area contributed by atoms with E-state index in [9.17, 15) is 4.79 Å². The molecule has 1 aromatic carbocycles. The number of hydrogen-bond donors (Lipinski definition) is 3. The summed E-state index contributed by atoms with van der Waals surface area (Å²) in [4.78, 5) is 17.3. The number of nitrogens with one attached hydrogen (secondary N) is 3. The van der Waals surface area contributed by atoms with Crippen molar-refractivity contribution in [2.24, 2.45) is 11.3 Å². The number of hydrogen-bond acceptors (Lipinski definition) is 4. The SMILES string of the molecule is C=CCC(CC=C)CC12CC1(NC(=O)NCCNc1cc(-c3ccccc3Cl)nc3c(Br)cnn13)C2. The number of anilines is 1. The van der Waals surface area contributed by atoms with Crippen molar-refractivity contribution in [2.45, 2.75) is 37.6 Å². The van der Waals surface area contributed by atoms with Crippen molar-refractivity contribution in [2.75, 3.05) is 18.4 Å². The Morgan fingerprint density at radius 1 is 1.22 bits per heavy atom. The molecule has 2 fully saturated rings. The minimum atomic E-state index is -0.112. The van der Waals surface area contributed by atoms with Crippen molar-refractivity contribution >= 4 is 45.0 Å². The van der Waals surface area contributed by atoms with E-state index >= 15 is 0 Å². The van der Waals surface area contributed by atoms with Gasteiger partial charge in [-0.1, -0.05) is 42.0 Å². The van der Waals surface area contributed by atoms with E-state index in [0.717, 1.165) is 53.7 Å². The topological polar surface area (TPSA) is 83.4 Å². The molecule has 2 amide bonds. The first kappa shape index (κ1) is 24.8. The monoisotopic (exact) mass is 568 g/mol. The summed E-state index contributed by atoms with van der Waals surface area (Å²) in [7, 11) is 0. The van der Waals surface area contributed by atoms with Crippen molar-refractivity contribution < 1.29 is 4.79 Å². The Morgan fingerprint density at radius 2 is 1.97 bits per heavy atom. The zero-order chi connectivity index (χ0) is 25.3. The molecule has 9 heteroatoms. The third-order valence-corrected chi connectivity index (χ3v) is 8.26. The first-order chi connectivity index (χ1) is 17.4. The molecule has 0 saturated heterocycles. The molecule has 2 heterocycles. The molecule has 3 N–H and O–H groups in total. The van der Waals surface area contributed by atoms with Gasteiger partial charge in [0.1, 0.15) is 5.82 Å². The lowest BCUT2D eigenvalue weighted by Crippen LogP contribution is -2.41. The van der Waals surface area contributed by atoms with E-state index in [1.165, 1.54) is 0 Å². The Labute approximate surface area is 224 Å². The highest BCUT2D eigenvalue weighted by atomic mass is 79.9. The molecular weight excluding hydrogens is 540 g/mol. The van der Waals surface area contributed by atoms with Crippen molar-refractivity contribution in [1.29, 1.82) is 0 Å². The number of rotatable bonds is 12. The van der Waals surface area contributed by atoms with Gasteiger partial charge in [0, 0.05) is 35.3 Å². The van der Waals surface area contributed by atoms with Crippen molar-refractivity contribution in [3.05, 3.63) is 71.3 Å². The summed E-state index contributed by atoms with van der Waals surface area (Å²) in [5.74, 6) is 1.33. The third kappa shape index (κ3) is 4.76. The Morgan fingerprint density at radius 3 is 2.69 bits per heavy atom. The summed E-state index contributed by atoms with van der Waals surface area (Å²) < 4.78 is 2.52. The van der Waals surface area contributed by atoms with Gasteiger partial charge in [0.05, 0.1) is 16.4 Å². The van der Waals surface area contributed by atoms with Crippen LogP contribution in [0.2, 0.25) is 5.02 Å². The van der Waals surface area contributed by atoms with E-state index in [-0.39, 0.29) is 17.0 Å². The Kier molecular flexibility index (Phi) is 6.83. The Bertz CT molecular complexity index is 1300. The molecule has 5 rings (SSSR count). The maximum absolute atomic E-state index is 12.6. The van der Waals surface area contributed by atoms with Gasteiger partial charge in [-0.3, -0.25) is 0 Å². The molecule has 2 aliphatic rings. The molecule has 0 spiro atoms. The van der Waals surface area contributed by atoms with Gasteiger partial charge in [-0.2, -0.15) is 9.61 Å². The van der Waals surface area contributed by atoms with Crippen LogP contribution in [0.25, 0.3) is 16.9 Å². The maximum Gasteiger partial charge on any atom is 0.315 e. The zero-order valence-corrected chi connectivity index (χ0v) is 22.4. The number of aromatic nitrogens is 3. The first-order valence-corrected chi connectivity index (χ1v) is 13.4. The first-order valence-electron chi connectivity index (χ1n) is 12.2. The summed E-state index contributed by atoms with van der Waals surface area (Å²) in [6.45, 7) is 8.76. The highest BCUT2D eigenvalue weighted by Gasteiger charge is 2.83. The highest BCUT2D eigenvalue weighted by Crippen LogP contribution is 2.81. The van der Waals surface area contributed by atoms with Gasteiger partial charge in [0.2, 0.25) is 0 Å². The molecule has 2 saturated carbocycles. The summed E-state index contributed by atoms with van der Waals surface area (Å²) in [6, 6.07) is 9.41. The standard InChI is InChI=1S/C27H30BrClN6O/c1-3-7-18(8-4-2)14-26-16-27(26,17-26)34-25(36)31-12-11-30-23-13-22(19-9-5-6-10-21(19)29)33-24-20(28)15-32-35(23)24/h3-6,9-10,13,15,18,30H,1-2,7-8,11-12,14,16-17H2,(H2,31,34,36). The number of amides is 2. The molecule has 3 aromatic rings. The molecular formula is C27H30BrClN6O. The van der Waals surface area contributed by atoms with Crippen molar-refractivity contribution in [1.82, 2.24) is 25.2 Å². The van der Waals surface area contributed by atoms with Crippen LogP contribution in [-0.4, -0.2) is 39.3 Å². The number of nitrogens with zero attached hydrogens (tertiary/aromatic N) is 3. The van der Waals surface area contributed by atoms with Gasteiger partial charge in [0.25, 0.3) is 0 Å². The molecule has 36 heavy (non-hydrogen) atoms. The van der Waals surface area contributed by atoms with Crippen LogP contribution in [-0.2, 0) is 0 Å². The van der Waals surface area contributed by atoms with Crippen LogP contribution in [0.3, 0.4) is 0 Å². The Balaban J connectivity index is 1.16. The van der Waals surface area contributed by atoms with Crippen LogP contribution in [0.5, 0.6) is 0 Å². The summed E-state index contributed by atoms with van der Waals surface area (Å²) in [6.07, 6.45) is 10.9. The molecule has 0 aliphatic heterocycles. The second kappa shape index (κ2) is 9.90. The highest BCUT2D eigenvalue weighted by molar-refractivity contribution is 9.10. The average molecular weight is 570 g/mol. The van der Waals surface area contributed by atoms with Crippen LogP contribution in [0, 0.1) is 11.3 Å². The molecule has 0 atom stereocenters. The largest absolute Gasteiger partial charge is 0.368 e. The average Bonchev–Trinajstić information content (AvgIpc) is 3.57. The number of carbonyl (C=O) groups is 1. The van der Waals surface area contributed by atoms with Crippen LogP contribution < -0.4 is 16.0 Å². The number of carbonyl (C=O) groups excluding carboxylic acids is 1. The number of urea groups is 1. The minimum absolute atomic E-state index is 0.00639. The third-order valence-electron chi connectivity index (χ3n) is 7.37. The zero-order valence-electron chi connectivity index (χ0n) is 20.1. The second-order valence-electron chi connectivity index (χ2n) is 9.88. The molecule has 7 nitrogen and oxygen atoms in total. The molecule has 0 radical (unpaired) electrons. The van der Waals surface area contributed by atoms with Crippen molar-refractivity contribution in [3.63, 3.8) is 0 Å². The predicted octanol–water partition coefficient (Wildman–Crippen LogP) is 6.21. The van der Waals surface area contributed by atoms with Gasteiger partial charge in [-0.15, -0.1) is 13.2 Å².